The molecule has 1 aromatic heterocycles. The van der Waals surface area contributed by atoms with Crippen LogP contribution >= 0.6 is 11.8 Å². The predicted molar refractivity (Wildman–Crippen MR) is 58.0 cm³/mol. The third kappa shape index (κ3) is 2.28. The van der Waals surface area contributed by atoms with Crippen LogP contribution in [0.15, 0.2) is 18.3 Å². The molecule has 1 aromatic rings. The van der Waals surface area contributed by atoms with Crippen molar-refractivity contribution in [3.63, 3.8) is 0 Å². The Bertz CT molecular complexity index is 284. The highest BCUT2D eigenvalue weighted by Crippen LogP contribution is 2.20. The lowest BCUT2D eigenvalue weighted by Crippen LogP contribution is -2.18. The van der Waals surface area contributed by atoms with Crippen LogP contribution in [0.5, 0.6) is 0 Å². The maximum atomic E-state index is 5.65. The molecule has 1 fully saturated rings. The van der Waals surface area contributed by atoms with Crippen LogP contribution in [0.3, 0.4) is 0 Å². The molecule has 0 spiro atoms. The van der Waals surface area contributed by atoms with Gasteiger partial charge in [-0.15, -0.1) is 0 Å². The zero-order chi connectivity index (χ0) is 9.10. The fourth-order valence-electron chi connectivity index (χ4n) is 1.38. The van der Waals surface area contributed by atoms with Crippen molar-refractivity contribution in [1.82, 2.24) is 4.98 Å². The zero-order valence-corrected chi connectivity index (χ0v) is 8.18. The van der Waals surface area contributed by atoms with Crippen LogP contribution < -0.4 is 11.1 Å². The van der Waals surface area contributed by atoms with Crippen LogP contribution in [0.25, 0.3) is 0 Å². The summed E-state index contributed by atoms with van der Waals surface area (Å²) < 4.78 is 0. The maximum Gasteiger partial charge on any atom is 0.128 e. The third-order valence-corrected chi connectivity index (χ3v) is 3.23. The number of rotatable bonds is 2. The second-order valence-corrected chi connectivity index (χ2v) is 4.33. The van der Waals surface area contributed by atoms with Crippen molar-refractivity contribution in [2.45, 2.75) is 12.5 Å². The van der Waals surface area contributed by atoms with Crippen LogP contribution in [0.2, 0.25) is 0 Å². The fourth-order valence-corrected chi connectivity index (χ4v) is 2.54. The molecule has 1 unspecified atom stereocenters. The first kappa shape index (κ1) is 8.69. The zero-order valence-electron chi connectivity index (χ0n) is 7.36. The summed E-state index contributed by atoms with van der Waals surface area (Å²) in [6.07, 6.45) is 2.96. The Morgan fingerprint density at radius 1 is 1.62 bits per heavy atom. The molecule has 0 aliphatic carbocycles. The summed E-state index contributed by atoms with van der Waals surface area (Å²) in [6.45, 7) is 0. The van der Waals surface area contributed by atoms with E-state index in [1.807, 2.05) is 17.8 Å². The van der Waals surface area contributed by atoms with Crippen molar-refractivity contribution in [1.29, 1.82) is 0 Å². The van der Waals surface area contributed by atoms with Crippen molar-refractivity contribution >= 4 is 23.3 Å². The minimum absolute atomic E-state index is 0.569. The number of nitrogen functional groups attached to an aromatic ring is 1. The molecule has 3 N–H and O–H groups in total. The molecule has 0 aromatic carbocycles. The Morgan fingerprint density at radius 2 is 2.54 bits per heavy atom. The van der Waals surface area contributed by atoms with E-state index in [1.54, 1.807) is 12.3 Å². The second kappa shape index (κ2) is 3.87. The van der Waals surface area contributed by atoms with Gasteiger partial charge in [0, 0.05) is 29.7 Å². The summed E-state index contributed by atoms with van der Waals surface area (Å²) in [5, 5.41) is 3.37. The number of anilines is 2. The molecular weight excluding hydrogens is 182 g/mol. The molecule has 13 heavy (non-hydrogen) atoms. The average molecular weight is 195 g/mol. The number of hydrogen-bond donors (Lipinski definition) is 2. The summed E-state index contributed by atoms with van der Waals surface area (Å²) in [7, 11) is 0. The first-order valence-electron chi connectivity index (χ1n) is 4.40. The van der Waals surface area contributed by atoms with E-state index in [4.69, 9.17) is 5.73 Å². The van der Waals surface area contributed by atoms with E-state index in [1.165, 1.54) is 17.9 Å². The molecule has 0 radical (unpaired) electrons. The average Bonchev–Trinajstić information content (AvgIpc) is 2.57. The molecular formula is C9H13N3S. The highest BCUT2D eigenvalue weighted by Gasteiger charge is 2.14. The second-order valence-electron chi connectivity index (χ2n) is 3.18. The summed E-state index contributed by atoms with van der Waals surface area (Å²) >= 11 is 1.98. The van der Waals surface area contributed by atoms with E-state index in [0.29, 0.717) is 6.04 Å². The molecule has 0 saturated carbocycles. The number of nitrogens with two attached hydrogens (primary N) is 1. The van der Waals surface area contributed by atoms with Crippen molar-refractivity contribution in [3.05, 3.63) is 18.3 Å². The maximum absolute atomic E-state index is 5.65. The van der Waals surface area contributed by atoms with Crippen molar-refractivity contribution in [3.8, 4) is 0 Å². The number of aromatic nitrogens is 1. The summed E-state index contributed by atoms with van der Waals surface area (Å²) in [4.78, 5) is 4.20. The van der Waals surface area contributed by atoms with Crippen LogP contribution in [0.4, 0.5) is 11.5 Å². The van der Waals surface area contributed by atoms with Gasteiger partial charge in [0.2, 0.25) is 0 Å². The highest BCUT2D eigenvalue weighted by atomic mass is 32.2. The summed E-state index contributed by atoms with van der Waals surface area (Å²) in [5.74, 6) is 3.32. The minimum Gasteiger partial charge on any atom is -0.399 e. The number of nitrogens with one attached hydrogen (secondary N) is 1. The molecule has 0 bridgehead atoms. The SMILES string of the molecule is Nc1ccnc(NC2CCSC2)c1. The first-order valence-corrected chi connectivity index (χ1v) is 5.56. The van der Waals surface area contributed by atoms with Gasteiger partial charge in [-0.3, -0.25) is 0 Å². The van der Waals surface area contributed by atoms with Crippen molar-refractivity contribution in [2.75, 3.05) is 22.6 Å². The molecule has 1 aliphatic heterocycles. The normalized spacial score (nSPS) is 21.7. The summed E-state index contributed by atoms with van der Waals surface area (Å²) in [5.41, 5.74) is 6.41. The predicted octanol–water partition coefficient (Wildman–Crippen LogP) is 1.58. The van der Waals surface area contributed by atoms with E-state index < -0.39 is 0 Å². The van der Waals surface area contributed by atoms with Gasteiger partial charge in [-0.1, -0.05) is 0 Å². The number of thioether (sulfide) groups is 1. The van der Waals surface area contributed by atoms with Crippen molar-refractivity contribution in [2.24, 2.45) is 0 Å². The molecule has 3 nitrogen and oxygen atoms in total. The Labute approximate surface area is 82.1 Å². The smallest absolute Gasteiger partial charge is 0.128 e. The topological polar surface area (TPSA) is 50.9 Å². The van der Waals surface area contributed by atoms with Crippen LogP contribution in [0, 0.1) is 0 Å². The lowest BCUT2D eigenvalue weighted by molar-refractivity contribution is 0.807. The van der Waals surface area contributed by atoms with E-state index in [9.17, 15) is 0 Å². The Balaban J connectivity index is 2.00. The lowest BCUT2D eigenvalue weighted by Gasteiger charge is -2.11. The fraction of sp³-hybridized carbons (Fsp3) is 0.444. The van der Waals surface area contributed by atoms with Gasteiger partial charge in [-0.2, -0.15) is 11.8 Å². The largest absolute Gasteiger partial charge is 0.399 e. The minimum atomic E-state index is 0.569. The summed E-state index contributed by atoms with van der Waals surface area (Å²) in [6, 6.07) is 4.25. The van der Waals surface area contributed by atoms with Gasteiger partial charge in [0.05, 0.1) is 0 Å². The molecule has 2 heterocycles. The van der Waals surface area contributed by atoms with E-state index >= 15 is 0 Å². The third-order valence-electron chi connectivity index (χ3n) is 2.07. The van der Waals surface area contributed by atoms with Crippen LogP contribution in [-0.4, -0.2) is 22.5 Å². The van der Waals surface area contributed by atoms with Gasteiger partial charge in [-0.05, 0) is 18.2 Å². The van der Waals surface area contributed by atoms with Gasteiger partial charge in [-0.25, -0.2) is 4.98 Å². The number of hydrogen-bond acceptors (Lipinski definition) is 4. The van der Waals surface area contributed by atoms with Crippen LogP contribution in [0.1, 0.15) is 6.42 Å². The van der Waals surface area contributed by atoms with E-state index in [-0.39, 0.29) is 0 Å². The lowest BCUT2D eigenvalue weighted by atomic mass is 10.2. The van der Waals surface area contributed by atoms with Gasteiger partial charge in [0.15, 0.2) is 0 Å². The molecule has 1 saturated heterocycles. The van der Waals surface area contributed by atoms with Gasteiger partial charge < -0.3 is 11.1 Å². The highest BCUT2D eigenvalue weighted by molar-refractivity contribution is 7.99. The Kier molecular flexibility index (Phi) is 2.59. The standard InChI is InChI=1S/C9H13N3S/c10-7-1-3-11-9(5-7)12-8-2-4-13-6-8/h1,3,5,8H,2,4,6H2,(H3,10,11,12). The Hall–Kier alpha value is -0.900. The van der Waals surface area contributed by atoms with Gasteiger partial charge >= 0.3 is 0 Å². The monoisotopic (exact) mass is 195 g/mol. The number of pyridine rings is 1. The molecule has 70 valence electrons. The van der Waals surface area contributed by atoms with E-state index in [2.05, 4.69) is 10.3 Å². The van der Waals surface area contributed by atoms with Crippen molar-refractivity contribution < 1.29 is 0 Å². The van der Waals surface area contributed by atoms with Gasteiger partial charge in [0.25, 0.3) is 0 Å². The van der Waals surface area contributed by atoms with Gasteiger partial charge in [0.1, 0.15) is 5.82 Å². The first-order chi connectivity index (χ1) is 6.34. The molecule has 0 amide bonds. The Morgan fingerprint density at radius 3 is 3.23 bits per heavy atom. The quantitative estimate of drug-likeness (QED) is 0.752. The molecule has 2 rings (SSSR count). The molecule has 4 heteroatoms. The molecule has 1 atom stereocenters. The number of nitrogens with zero attached hydrogens (tertiary/aromatic N) is 1. The molecule has 1 aliphatic rings. The van der Waals surface area contributed by atoms with Crippen LogP contribution in [-0.2, 0) is 0 Å². The van der Waals surface area contributed by atoms with E-state index in [0.717, 1.165) is 11.5 Å².